The van der Waals surface area contributed by atoms with Crippen LogP contribution in [-0.2, 0) is 16.0 Å². The molecule has 1 unspecified atom stereocenters. The molecule has 1 heterocycles. The van der Waals surface area contributed by atoms with Crippen molar-refractivity contribution in [2.75, 3.05) is 0 Å². The maximum absolute atomic E-state index is 13.4. The van der Waals surface area contributed by atoms with Gasteiger partial charge in [-0.05, 0) is 75.3 Å². The normalized spacial score (nSPS) is 26.5. The van der Waals surface area contributed by atoms with Crippen LogP contribution in [0, 0.1) is 30.0 Å². The van der Waals surface area contributed by atoms with E-state index in [4.69, 9.17) is 5.10 Å². The quantitative estimate of drug-likeness (QED) is 0.310. The summed E-state index contributed by atoms with van der Waals surface area (Å²) < 4.78 is 57.2. The van der Waals surface area contributed by atoms with Crippen molar-refractivity contribution < 1.29 is 27.1 Å². The van der Waals surface area contributed by atoms with Crippen molar-refractivity contribution >= 4 is 12.0 Å². The molecule has 8 heteroatoms. The first-order valence-electron chi connectivity index (χ1n) is 11.1. The monoisotopic (exact) mass is 460 g/mol. The number of hydrogen-bond donors (Lipinski definition) is 0. The Hall–Kier alpha value is -2.90. The highest BCUT2D eigenvalue weighted by atomic mass is 19.4. The summed E-state index contributed by atoms with van der Waals surface area (Å²) in [4.78, 5) is 12.3. The van der Waals surface area contributed by atoms with Gasteiger partial charge in [-0.1, -0.05) is 24.1 Å². The van der Waals surface area contributed by atoms with E-state index in [1.165, 1.54) is 17.7 Å². The number of fused-ring (bicyclic) bond motifs is 4. The van der Waals surface area contributed by atoms with E-state index < -0.39 is 18.2 Å². The van der Waals surface area contributed by atoms with Gasteiger partial charge in [0, 0.05) is 11.0 Å². The van der Waals surface area contributed by atoms with Gasteiger partial charge in [-0.15, -0.1) is 13.2 Å². The second-order valence-corrected chi connectivity index (χ2v) is 9.37. The minimum Gasteiger partial charge on any atom is -0.373 e. The van der Waals surface area contributed by atoms with Gasteiger partial charge in [0.05, 0.1) is 23.0 Å². The minimum atomic E-state index is -4.96. The molecule has 3 atom stereocenters. The first-order chi connectivity index (χ1) is 15.6. The van der Waals surface area contributed by atoms with Crippen molar-refractivity contribution in [2.24, 2.45) is 17.3 Å². The Labute approximate surface area is 188 Å². The zero-order valence-corrected chi connectivity index (χ0v) is 18.4. The smallest absolute Gasteiger partial charge is 0.373 e. The van der Waals surface area contributed by atoms with E-state index in [-0.39, 0.29) is 17.2 Å². The van der Waals surface area contributed by atoms with Crippen LogP contribution >= 0.6 is 0 Å². The zero-order chi connectivity index (χ0) is 23.5. The lowest BCUT2D eigenvalue weighted by Gasteiger charge is -2.48. The Morgan fingerprint density at radius 1 is 1.21 bits per heavy atom. The molecule has 33 heavy (non-hydrogen) atoms. The van der Waals surface area contributed by atoms with E-state index >= 15 is 0 Å². The number of aryl methyl sites for hydroxylation is 1. The van der Waals surface area contributed by atoms with E-state index in [1.807, 2.05) is 11.6 Å². The van der Waals surface area contributed by atoms with Gasteiger partial charge in [0.2, 0.25) is 0 Å². The number of ether oxygens (including phenoxy) is 1. The lowest BCUT2D eigenvalue weighted by atomic mass is 9.55. The molecule has 2 aromatic rings. The highest BCUT2D eigenvalue weighted by Gasteiger charge is 2.50. The zero-order valence-electron chi connectivity index (χ0n) is 18.4. The molecule has 5 rings (SSSR count). The van der Waals surface area contributed by atoms with Gasteiger partial charge < -0.3 is 4.74 Å². The first kappa shape index (κ1) is 21.9. The highest BCUT2D eigenvalue weighted by Crippen LogP contribution is 2.57. The summed E-state index contributed by atoms with van der Waals surface area (Å²) in [6.07, 6.45) is 2.12. The highest BCUT2D eigenvalue weighted by molar-refractivity contribution is 5.75. The van der Waals surface area contributed by atoms with Crippen LogP contribution in [0.15, 0.2) is 41.5 Å². The first-order valence-corrected chi connectivity index (χ1v) is 11.1. The van der Waals surface area contributed by atoms with Crippen LogP contribution in [0.25, 0.3) is 11.8 Å². The lowest BCUT2D eigenvalue weighted by molar-refractivity contribution is -0.308. The molecule has 0 N–H and O–H groups in total. The maximum Gasteiger partial charge on any atom is 0.575 e. The van der Waals surface area contributed by atoms with Crippen LogP contribution in [0.5, 0.6) is 0 Å². The molecular formula is C25H24F4N2O2. The minimum absolute atomic E-state index is 0.259. The van der Waals surface area contributed by atoms with Crippen LogP contribution in [0.2, 0.25) is 0 Å². The van der Waals surface area contributed by atoms with E-state index in [2.05, 4.69) is 23.8 Å². The Morgan fingerprint density at radius 2 is 1.94 bits per heavy atom. The molecule has 0 bridgehead atoms. The average molecular weight is 460 g/mol. The number of halogens is 4. The summed E-state index contributed by atoms with van der Waals surface area (Å²) in [5, 5.41) is 4.70. The number of rotatable bonds is 2. The van der Waals surface area contributed by atoms with Crippen molar-refractivity contribution in [3.8, 4) is 5.69 Å². The number of benzene rings is 1. The Morgan fingerprint density at radius 3 is 2.64 bits per heavy atom. The molecule has 0 saturated heterocycles. The fraction of sp³-hybridized carbons (Fsp3) is 0.440. The van der Waals surface area contributed by atoms with Crippen LogP contribution in [-0.4, -0.2) is 22.1 Å². The van der Waals surface area contributed by atoms with Gasteiger partial charge in [0.1, 0.15) is 5.82 Å². The van der Waals surface area contributed by atoms with E-state index in [0.29, 0.717) is 32.1 Å². The summed E-state index contributed by atoms with van der Waals surface area (Å²) in [6, 6.07) is 6.17. The number of esters is 1. The molecular weight excluding hydrogens is 436 g/mol. The second kappa shape index (κ2) is 7.57. The van der Waals surface area contributed by atoms with Crippen molar-refractivity contribution in [2.45, 2.75) is 52.3 Å². The fourth-order valence-electron chi connectivity index (χ4n) is 5.91. The number of hydrogen-bond acceptors (Lipinski definition) is 3. The Bertz CT molecular complexity index is 1180. The van der Waals surface area contributed by atoms with Crippen molar-refractivity contribution in [3.05, 3.63) is 64.3 Å². The Balaban J connectivity index is 1.51. The SMILES string of the molecule is Cc1nn(-c2ccc(F)cc2)c2c1C[C@@]1(C)C(=C2)CC[C@@H]2C1=CCCC2C(=O)OC(F)(F)F. The number of carbonyl (C=O) groups excluding carboxylic acids is 1. The summed E-state index contributed by atoms with van der Waals surface area (Å²) in [5.41, 5.74) is 5.48. The molecule has 174 valence electrons. The molecule has 1 saturated carbocycles. The fourth-order valence-corrected chi connectivity index (χ4v) is 5.91. The molecule has 0 aliphatic heterocycles. The van der Waals surface area contributed by atoms with E-state index in [0.717, 1.165) is 28.2 Å². The van der Waals surface area contributed by atoms with Crippen LogP contribution in [0.3, 0.4) is 0 Å². The predicted octanol–water partition coefficient (Wildman–Crippen LogP) is 6.08. The van der Waals surface area contributed by atoms with Crippen molar-refractivity contribution in [3.63, 3.8) is 0 Å². The third kappa shape index (κ3) is 3.69. The third-order valence-electron chi connectivity index (χ3n) is 7.45. The molecule has 1 aromatic carbocycles. The standard InChI is InChI=1S/C25H24F4N2O2/c1-14-20-13-24(2)15(12-22(20)31(30-14)17-9-7-16(26)8-10-17)6-11-18-19(4-3-5-21(18)24)23(32)33-25(27,28)29/h5,7-10,12,18-19H,3-4,6,11,13H2,1-2H3/t18-,19?,24-/m0/s1. The molecule has 3 aliphatic rings. The largest absolute Gasteiger partial charge is 0.575 e. The second-order valence-electron chi connectivity index (χ2n) is 9.37. The topological polar surface area (TPSA) is 44.1 Å². The molecule has 0 radical (unpaired) electrons. The molecule has 4 nitrogen and oxygen atoms in total. The summed E-state index contributed by atoms with van der Waals surface area (Å²) in [6.45, 7) is 4.05. The van der Waals surface area contributed by atoms with Crippen molar-refractivity contribution in [1.29, 1.82) is 0 Å². The Kier molecular flexibility index (Phi) is 5.03. The van der Waals surface area contributed by atoms with Crippen LogP contribution in [0.1, 0.15) is 49.6 Å². The lowest BCUT2D eigenvalue weighted by Crippen LogP contribution is -2.42. The average Bonchev–Trinajstić information content (AvgIpc) is 3.06. The number of carbonyl (C=O) groups is 1. The maximum atomic E-state index is 13.4. The van der Waals surface area contributed by atoms with Gasteiger partial charge in [0.15, 0.2) is 0 Å². The van der Waals surface area contributed by atoms with Crippen LogP contribution < -0.4 is 0 Å². The van der Waals surface area contributed by atoms with Gasteiger partial charge >= 0.3 is 12.3 Å². The van der Waals surface area contributed by atoms with Crippen molar-refractivity contribution in [1.82, 2.24) is 9.78 Å². The van der Waals surface area contributed by atoms with Gasteiger partial charge in [-0.2, -0.15) is 5.10 Å². The molecule has 1 aromatic heterocycles. The predicted molar refractivity (Wildman–Crippen MR) is 114 cm³/mol. The summed E-state index contributed by atoms with van der Waals surface area (Å²) >= 11 is 0. The van der Waals surface area contributed by atoms with E-state index in [1.54, 1.807) is 12.1 Å². The number of aromatic nitrogens is 2. The number of nitrogens with zero attached hydrogens (tertiary/aromatic N) is 2. The summed E-state index contributed by atoms with van der Waals surface area (Å²) in [5.74, 6) is -2.53. The van der Waals surface area contributed by atoms with Gasteiger partial charge in [0.25, 0.3) is 0 Å². The van der Waals surface area contributed by atoms with Crippen LogP contribution in [0.4, 0.5) is 17.6 Å². The van der Waals surface area contributed by atoms with Gasteiger partial charge in [-0.25, -0.2) is 9.07 Å². The van der Waals surface area contributed by atoms with E-state index in [9.17, 15) is 22.4 Å². The molecule has 1 fully saturated rings. The number of allylic oxidation sites excluding steroid dienone is 3. The molecule has 3 aliphatic carbocycles. The molecule has 0 amide bonds. The number of alkyl halides is 3. The third-order valence-corrected chi connectivity index (χ3v) is 7.45. The summed E-state index contributed by atoms with van der Waals surface area (Å²) in [7, 11) is 0. The van der Waals surface area contributed by atoms with Gasteiger partial charge in [-0.3, -0.25) is 4.79 Å². The molecule has 0 spiro atoms.